The molecular formula is C39H51P. The smallest absolute Gasteiger partial charge is 0.0273 e. The maximum absolute atomic E-state index is 2.61. The quantitative estimate of drug-likeness (QED) is 0.138. The first-order valence-corrected chi connectivity index (χ1v) is 17.5. The third kappa shape index (κ3) is 8.30. The van der Waals surface area contributed by atoms with E-state index in [1.54, 1.807) is 5.31 Å². The molecule has 1 heteroatoms. The number of rotatable bonds is 14. The van der Waals surface area contributed by atoms with Gasteiger partial charge in [0.05, 0.1) is 0 Å². The van der Waals surface area contributed by atoms with Crippen molar-refractivity contribution in [3.05, 3.63) is 118 Å². The number of hydrogen-bond acceptors (Lipinski definition) is 0. The highest BCUT2D eigenvalue weighted by Gasteiger charge is 2.30. The Labute approximate surface area is 246 Å². The number of allylic oxidation sites excluding steroid dienone is 3. The van der Waals surface area contributed by atoms with Crippen LogP contribution in [0.25, 0.3) is 10.9 Å². The van der Waals surface area contributed by atoms with E-state index >= 15 is 0 Å². The molecular weight excluding hydrogens is 499 g/mol. The Bertz CT molecular complexity index is 1280. The van der Waals surface area contributed by atoms with Gasteiger partial charge in [-0.1, -0.05) is 157 Å². The van der Waals surface area contributed by atoms with Crippen LogP contribution in [0.15, 0.2) is 78.9 Å². The molecule has 4 rings (SSSR count). The van der Waals surface area contributed by atoms with Crippen LogP contribution in [0.2, 0.25) is 0 Å². The second-order valence-electron chi connectivity index (χ2n) is 12.0. The lowest BCUT2D eigenvalue weighted by Gasteiger charge is -2.34. The van der Waals surface area contributed by atoms with Crippen molar-refractivity contribution in [2.75, 3.05) is 6.16 Å². The molecule has 0 aromatic heterocycles. The molecule has 0 aliphatic carbocycles. The van der Waals surface area contributed by atoms with Crippen LogP contribution in [-0.2, 0) is 0 Å². The van der Waals surface area contributed by atoms with Crippen molar-refractivity contribution in [1.82, 2.24) is 0 Å². The Morgan fingerprint density at radius 3 is 1.85 bits per heavy atom. The summed E-state index contributed by atoms with van der Waals surface area (Å²) >= 11 is 0. The van der Waals surface area contributed by atoms with Crippen molar-refractivity contribution in [2.45, 2.75) is 104 Å². The highest BCUT2D eigenvalue weighted by Crippen LogP contribution is 2.66. The molecule has 0 bridgehead atoms. The highest BCUT2D eigenvalue weighted by atomic mass is 31.1. The normalized spacial score (nSPS) is 17.0. The van der Waals surface area contributed by atoms with Gasteiger partial charge in [-0.05, 0) is 85.1 Å². The van der Waals surface area contributed by atoms with E-state index in [1.807, 2.05) is 0 Å². The van der Waals surface area contributed by atoms with Crippen molar-refractivity contribution in [3.8, 4) is 0 Å². The minimum Gasteiger partial charge on any atom is -0.0654 e. The fourth-order valence-corrected chi connectivity index (χ4v) is 9.49. The molecule has 40 heavy (non-hydrogen) atoms. The standard InChI is InChI=1S/C39H51P/c1-6-7-8-9-10-11-12-13-14-18-25-40-38(36-23-21-30(2)26-32(36)4)28-35(34-19-16-15-17-20-34)29-39(40)37-24-22-31(3)27-33(37)5/h15-17,19-24,26-29,38H,6-14,18,25H2,1-5H3. The Hall–Kier alpha value is -2.43. The Morgan fingerprint density at radius 1 is 0.625 bits per heavy atom. The van der Waals surface area contributed by atoms with E-state index in [2.05, 4.69) is 114 Å². The molecule has 3 aromatic rings. The molecule has 3 aromatic carbocycles. The molecule has 0 spiro atoms. The van der Waals surface area contributed by atoms with Crippen LogP contribution in [0.1, 0.15) is 116 Å². The lowest BCUT2D eigenvalue weighted by molar-refractivity contribution is 0.563. The van der Waals surface area contributed by atoms with Crippen LogP contribution in [0, 0.1) is 27.7 Å². The van der Waals surface area contributed by atoms with Gasteiger partial charge in [0.25, 0.3) is 0 Å². The second kappa shape index (κ2) is 15.5. The average Bonchev–Trinajstić information content (AvgIpc) is 2.94. The van der Waals surface area contributed by atoms with Gasteiger partial charge in [-0.3, -0.25) is 0 Å². The molecule has 0 fully saturated rings. The molecule has 1 aliphatic rings. The predicted molar refractivity (Wildman–Crippen MR) is 181 cm³/mol. The molecule has 212 valence electrons. The van der Waals surface area contributed by atoms with Gasteiger partial charge in [-0.25, -0.2) is 0 Å². The zero-order chi connectivity index (χ0) is 28.3. The lowest BCUT2D eigenvalue weighted by atomic mass is 9.96. The monoisotopic (exact) mass is 550 g/mol. The Balaban J connectivity index is 1.60. The van der Waals surface area contributed by atoms with Crippen LogP contribution in [0.4, 0.5) is 0 Å². The Kier molecular flexibility index (Phi) is 11.9. The van der Waals surface area contributed by atoms with Gasteiger partial charge in [-0.15, -0.1) is 0 Å². The molecule has 2 unspecified atom stereocenters. The number of hydrogen-bond donors (Lipinski definition) is 0. The van der Waals surface area contributed by atoms with Crippen molar-refractivity contribution >= 4 is 18.8 Å². The number of unbranched alkanes of at least 4 members (excludes halogenated alkanes) is 9. The van der Waals surface area contributed by atoms with Crippen molar-refractivity contribution in [1.29, 1.82) is 0 Å². The van der Waals surface area contributed by atoms with Gasteiger partial charge >= 0.3 is 0 Å². The Morgan fingerprint density at radius 2 is 1.23 bits per heavy atom. The van der Waals surface area contributed by atoms with E-state index in [9.17, 15) is 0 Å². The maximum atomic E-state index is 2.61. The third-order valence-electron chi connectivity index (χ3n) is 8.54. The predicted octanol–water partition coefficient (Wildman–Crippen LogP) is 12.5. The summed E-state index contributed by atoms with van der Waals surface area (Å²) < 4.78 is 0. The molecule has 2 atom stereocenters. The second-order valence-corrected chi connectivity index (χ2v) is 14.4. The number of benzene rings is 3. The van der Waals surface area contributed by atoms with E-state index in [4.69, 9.17) is 0 Å². The molecule has 0 radical (unpaired) electrons. The minimum atomic E-state index is -0.370. The largest absolute Gasteiger partial charge is 0.0654 e. The van der Waals surface area contributed by atoms with Gasteiger partial charge in [0.2, 0.25) is 0 Å². The summed E-state index contributed by atoms with van der Waals surface area (Å²) in [6.07, 6.45) is 20.4. The van der Waals surface area contributed by atoms with E-state index < -0.39 is 0 Å². The molecule has 0 amide bonds. The van der Waals surface area contributed by atoms with Gasteiger partial charge in [0, 0.05) is 5.66 Å². The zero-order valence-corrected chi connectivity index (χ0v) is 26.7. The topological polar surface area (TPSA) is 0 Å². The van der Waals surface area contributed by atoms with Crippen molar-refractivity contribution < 1.29 is 0 Å². The summed E-state index contributed by atoms with van der Waals surface area (Å²) in [5.41, 5.74) is 11.7. The maximum Gasteiger partial charge on any atom is 0.0273 e. The van der Waals surface area contributed by atoms with Crippen LogP contribution in [0.3, 0.4) is 0 Å². The van der Waals surface area contributed by atoms with Crippen LogP contribution >= 0.6 is 7.92 Å². The fraction of sp³-hybridized carbons (Fsp3) is 0.436. The van der Waals surface area contributed by atoms with Gasteiger partial charge in [0.15, 0.2) is 0 Å². The first-order valence-electron chi connectivity index (χ1n) is 15.9. The first-order chi connectivity index (χ1) is 19.5. The summed E-state index contributed by atoms with van der Waals surface area (Å²) in [6, 6.07) is 25.2. The fourth-order valence-electron chi connectivity index (χ4n) is 6.28. The highest BCUT2D eigenvalue weighted by molar-refractivity contribution is 7.69. The minimum absolute atomic E-state index is 0.370. The zero-order valence-electron chi connectivity index (χ0n) is 25.8. The summed E-state index contributed by atoms with van der Waals surface area (Å²) in [7, 11) is -0.370. The van der Waals surface area contributed by atoms with E-state index in [0.717, 1.165) is 0 Å². The van der Waals surface area contributed by atoms with Crippen LogP contribution in [-0.4, -0.2) is 6.16 Å². The van der Waals surface area contributed by atoms with Gasteiger partial charge in [0.1, 0.15) is 0 Å². The van der Waals surface area contributed by atoms with Crippen LogP contribution < -0.4 is 0 Å². The van der Waals surface area contributed by atoms with E-state index in [0.29, 0.717) is 5.66 Å². The van der Waals surface area contributed by atoms with Gasteiger partial charge in [-0.2, -0.15) is 0 Å². The average molecular weight is 551 g/mol. The van der Waals surface area contributed by atoms with E-state index in [-0.39, 0.29) is 7.92 Å². The summed E-state index contributed by atoms with van der Waals surface area (Å²) in [6.45, 7) is 11.4. The summed E-state index contributed by atoms with van der Waals surface area (Å²) in [4.78, 5) is 0. The molecule has 0 saturated carbocycles. The summed E-state index contributed by atoms with van der Waals surface area (Å²) in [5, 5.41) is 1.59. The third-order valence-corrected chi connectivity index (χ3v) is 11.4. The molecule has 0 saturated heterocycles. The molecule has 1 heterocycles. The van der Waals surface area contributed by atoms with Crippen LogP contribution in [0.5, 0.6) is 0 Å². The molecule has 0 N–H and O–H groups in total. The molecule has 0 nitrogen and oxygen atoms in total. The summed E-state index contributed by atoms with van der Waals surface area (Å²) in [5.74, 6) is 0. The van der Waals surface area contributed by atoms with Crippen molar-refractivity contribution in [2.24, 2.45) is 0 Å². The van der Waals surface area contributed by atoms with E-state index in [1.165, 1.54) is 115 Å². The number of aryl methyl sites for hydroxylation is 4. The van der Waals surface area contributed by atoms with Crippen molar-refractivity contribution in [3.63, 3.8) is 0 Å². The molecule has 1 aliphatic heterocycles. The lowest BCUT2D eigenvalue weighted by Crippen LogP contribution is -2.07. The van der Waals surface area contributed by atoms with Gasteiger partial charge < -0.3 is 0 Å². The first kappa shape index (κ1) is 30.5. The SMILES string of the molecule is CCCCCCCCCCCCP1C(c2ccc(C)cc2C)=CC(c2ccccc2)=CC1c1ccc(C)cc1C.